The molecule has 0 bridgehead atoms. The van der Waals surface area contributed by atoms with Gasteiger partial charge in [-0.2, -0.15) is 0 Å². The van der Waals surface area contributed by atoms with E-state index in [-0.39, 0.29) is 36.8 Å². The number of carbonyl (C=O) groups is 3. The average Bonchev–Trinajstić information content (AvgIpc) is 3.50. The van der Waals surface area contributed by atoms with Crippen molar-refractivity contribution in [1.29, 1.82) is 0 Å². The maximum Gasteiger partial charge on any atom is 0.270 e. The summed E-state index contributed by atoms with van der Waals surface area (Å²) in [5.41, 5.74) is 4.52. The van der Waals surface area contributed by atoms with Crippen LogP contribution in [-0.2, 0) is 16.0 Å². The minimum Gasteiger partial charge on any atom is -0.391 e. The van der Waals surface area contributed by atoms with Gasteiger partial charge < -0.3 is 15.3 Å². The van der Waals surface area contributed by atoms with Crippen molar-refractivity contribution in [3.63, 3.8) is 0 Å². The lowest BCUT2D eigenvalue weighted by Crippen LogP contribution is -2.56. The number of carbonyl (C=O) groups excluding carboxylic acids is 3. The van der Waals surface area contributed by atoms with E-state index >= 15 is 0 Å². The molecule has 8 nitrogen and oxygen atoms in total. The van der Waals surface area contributed by atoms with Crippen LogP contribution in [0.15, 0.2) is 54.2 Å². The Balaban J connectivity index is 1.43. The number of hydrogen-bond donors (Lipinski definition) is 2. The number of Topliss-reactive ketones (excluding diaryl/α,β-unsaturated/α-hetero) is 1. The van der Waals surface area contributed by atoms with E-state index in [9.17, 15) is 19.5 Å². The number of β-amino-alcohol motifs (C(OH)–C–C–N with tert-alkyl or cyclic N) is 1. The van der Waals surface area contributed by atoms with Crippen molar-refractivity contribution in [3.05, 3.63) is 71.1 Å². The first-order chi connectivity index (χ1) is 18.0. The van der Waals surface area contributed by atoms with Crippen molar-refractivity contribution in [2.45, 2.75) is 65.1 Å². The molecule has 1 fully saturated rings. The van der Waals surface area contributed by atoms with Crippen LogP contribution in [0.5, 0.6) is 0 Å². The summed E-state index contributed by atoms with van der Waals surface area (Å²) in [4.78, 5) is 50.7. The van der Waals surface area contributed by atoms with E-state index in [1.807, 2.05) is 57.5 Å². The van der Waals surface area contributed by atoms with Gasteiger partial charge in [-0.3, -0.25) is 19.4 Å². The van der Waals surface area contributed by atoms with E-state index in [1.165, 1.54) is 11.1 Å². The number of benzene rings is 1. The molecular weight excluding hydrogens is 500 g/mol. The summed E-state index contributed by atoms with van der Waals surface area (Å²) < 4.78 is 0. The number of aliphatic hydroxyl groups is 1. The number of nitrogens with one attached hydrogen (secondary N) is 1. The number of hydrogen-bond acceptors (Lipinski definition) is 7. The second kappa shape index (κ2) is 11.5. The molecule has 0 saturated carbocycles. The Labute approximate surface area is 227 Å². The monoisotopic (exact) mass is 534 g/mol. The number of aromatic nitrogens is 2. The Bertz CT molecular complexity index is 1280. The van der Waals surface area contributed by atoms with Gasteiger partial charge in [-0.1, -0.05) is 51.1 Å². The Morgan fingerprint density at radius 3 is 2.47 bits per heavy atom. The summed E-state index contributed by atoms with van der Waals surface area (Å²) in [5, 5.41) is 13.2. The highest BCUT2D eigenvalue weighted by Gasteiger charge is 2.44. The van der Waals surface area contributed by atoms with Gasteiger partial charge >= 0.3 is 0 Å². The largest absolute Gasteiger partial charge is 0.391 e. The highest BCUT2D eigenvalue weighted by atomic mass is 32.1. The van der Waals surface area contributed by atoms with Crippen LogP contribution >= 0.6 is 11.3 Å². The summed E-state index contributed by atoms with van der Waals surface area (Å²) in [6.07, 6.45) is 1.71. The predicted octanol–water partition coefficient (Wildman–Crippen LogP) is 3.82. The molecule has 1 aliphatic rings. The van der Waals surface area contributed by atoms with E-state index in [0.717, 1.165) is 21.7 Å². The zero-order valence-corrected chi connectivity index (χ0v) is 23.0. The first kappa shape index (κ1) is 27.6. The molecule has 1 unspecified atom stereocenters. The zero-order valence-electron chi connectivity index (χ0n) is 22.2. The summed E-state index contributed by atoms with van der Waals surface area (Å²) in [6.45, 7) is 7.61. The number of rotatable bonds is 8. The first-order valence-corrected chi connectivity index (χ1v) is 13.6. The molecule has 3 aromatic rings. The second-order valence-electron chi connectivity index (χ2n) is 10.8. The van der Waals surface area contributed by atoms with E-state index < -0.39 is 29.5 Å². The van der Waals surface area contributed by atoms with Gasteiger partial charge in [-0.25, -0.2) is 4.98 Å². The fraction of sp³-hybridized carbons (Fsp3) is 0.414. The lowest BCUT2D eigenvalue weighted by molar-refractivity contribution is -0.141. The quantitative estimate of drug-likeness (QED) is 0.454. The van der Waals surface area contributed by atoms with Crippen LogP contribution in [0.1, 0.15) is 55.4 Å². The number of ketones is 1. The van der Waals surface area contributed by atoms with E-state index in [2.05, 4.69) is 15.3 Å². The lowest BCUT2D eigenvalue weighted by Gasteiger charge is -2.35. The van der Waals surface area contributed by atoms with E-state index in [1.54, 1.807) is 29.5 Å². The molecule has 1 aliphatic heterocycles. The Morgan fingerprint density at radius 2 is 1.87 bits per heavy atom. The van der Waals surface area contributed by atoms with Crippen LogP contribution in [0.3, 0.4) is 0 Å². The van der Waals surface area contributed by atoms with Crippen molar-refractivity contribution in [2.75, 3.05) is 6.54 Å². The molecule has 2 N–H and O–H groups in total. The summed E-state index contributed by atoms with van der Waals surface area (Å²) in [6, 6.07) is 11.5. The normalized spacial score (nSPS) is 18.3. The van der Waals surface area contributed by atoms with Crippen LogP contribution in [0, 0.1) is 12.3 Å². The minimum atomic E-state index is -0.889. The highest BCUT2D eigenvalue weighted by molar-refractivity contribution is 7.13. The van der Waals surface area contributed by atoms with Crippen LogP contribution in [-0.4, -0.2) is 62.3 Å². The zero-order chi connectivity index (χ0) is 27.4. The number of pyridine rings is 1. The maximum atomic E-state index is 13.7. The molecule has 1 saturated heterocycles. The number of amides is 2. The van der Waals surface area contributed by atoms with Gasteiger partial charge in [0.1, 0.15) is 11.7 Å². The van der Waals surface area contributed by atoms with Crippen molar-refractivity contribution in [3.8, 4) is 10.4 Å². The Kier molecular flexibility index (Phi) is 8.38. The number of aryl methyl sites for hydroxylation is 2. The molecule has 0 aliphatic carbocycles. The van der Waals surface area contributed by atoms with Gasteiger partial charge in [0.2, 0.25) is 5.91 Å². The van der Waals surface area contributed by atoms with Gasteiger partial charge in [-0.05, 0) is 42.0 Å². The standard InChI is InChI=1S/C29H34N4O4S/c1-18-25(38-17-31-18)20-11-8-19(9-12-20)10-13-24(35)23-15-21(34)16-33(23)28(37)26(29(2,3)4)32-27(36)22-7-5-6-14-30-22/h5-9,11-12,14,17,21,23,26,34H,10,13,15-16H2,1-4H3,(H,32,36)/t21-,23?,26-/m1/s1. The van der Waals surface area contributed by atoms with Gasteiger partial charge in [-0.15, -0.1) is 11.3 Å². The smallest absolute Gasteiger partial charge is 0.270 e. The number of thiazole rings is 1. The van der Waals surface area contributed by atoms with Gasteiger partial charge in [0.25, 0.3) is 5.91 Å². The molecule has 0 radical (unpaired) electrons. The summed E-state index contributed by atoms with van der Waals surface area (Å²) >= 11 is 1.60. The molecule has 3 atom stereocenters. The third kappa shape index (κ3) is 6.34. The van der Waals surface area contributed by atoms with E-state index in [0.29, 0.717) is 6.42 Å². The molecule has 0 spiro atoms. The summed E-state index contributed by atoms with van der Waals surface area (Å²) in [5.74, 6) is -0.930. The lowest BCUT2D eigenvalue weighted by atomic mass is 9.85. The van der Waals surface area contributed by atoms with Crippen LogP contribution < -0.4 is 5.32 Å². The minimum absolute atomic E-state index is 0.0597. The van der Waals surface area contributed by atoms with Crippen molar-refractivity contribution in [1.82, 2.24) is 20.2 Å². The molecule has 9 heteroatoms. The average molecular weight is 535 g/mol. The third-order valence-corrected chi connectivity index (χ3v) is 7.82. The van der Waals surface area contributed by atoms with Gasteiger partial charge in [0, 0.05) is 25.6 Å². The fourth-order valence-electron chi connectivity index (χ4n) is 4.72. The second-order valence-corrected chi connectivity index (χ2v) is 11.7. The van der Waals surface area contributed by atoms with Crippen molar-refractivity contribution < 1.29 is 19.5 Å². The molecule has 3 heterocycles. The van der Waals surface area contributed by atoms with Crippen molar-refractivity contribution in [2.24, 2.45) is 5.41 Å². The van der Waals surface area contributed by atoms with E-state index in [4.69, 9.17) is 0 Å². The number of nitrogens with zero attached hydrogens (tertiary/aromatic N) is 3. The number of likely N-dealkylation sites (tertiary alicyclic amines) is 1. The maximum absolute atomic E-state index is 13.7. The van der Waals surface area contributed by atoms with Crippen LogP contribution in [0.25, 0.3) is 10.4 Å². The Morgan fingerprint density at radius 1 is 1.13 bits per heavy atom. The fourth-order valence-corrected chi connectivity index (χ4v) is 5.53. The predicted molar refractivity (Wildman–Crippen MR) is 147 cm³/mol. The van der Waals surface area contributed by atoms with Crippen LogP contribution in [0.4, 0.5) is 0 Å². The molecule has 2 amide bonds. The molecular formula is C29H34N4O4S. The van der Waals surface area contributed by atoms with Crippen molar-refractivity contribution >= 4 is 28.9 Å². The molecule has 4 rings (SSSR count). The highest BCUT2D eigenvalue weighted by Crippen LogP contribution is 2.29. The van der Waals surface area contributed by atoms with Crippen LogP contribution in [0.2, 0.25) is 0 Å². The molecule has 1 aromatic carbocycles. The molecule has 2 aromatic heterocycles. The number of aliphatic hydroxyl groups excluding tert-OH is 1. The van der Waals surface area contributed by atoms with Gasteiger partial charge in [0.15, 0.2) is 5.78 Å². The topological polar surface area (TPSA) is 112 Å². The van der Waals surface area contributed by atoms with Gasteiger partial charge in [0.05, 0.1) is 28.2 Å². The summed E-state index contributed by atoms with van der Waals surface area (Å²) in [7, 11) is 0. The third-order valence-electron chi connectivity index (χ3n) is 6.84. The molecule has 200 valence electrons. The molecule has 38 heavy (non-hydrogen) atoms. The SMILES string of the molecule is Cc1ncsc1-c1ccc(CCC(=O)C2C[C@@H](O)CN2C(=O)[C@@H](NC(=O)c2ccccn2)C(C)(C)C)cc1. The Hall–Kier alpha value is -3.43. The first-order valence-electron chi connectivity index (χ1n) is 12.8.